The molecule has 2 unspecified atom stereocenters. The predicted molar refractivity (Wildman–Crippen MR) is 78.0 cm³/mol. The normalized spacial score (nSPS) is 31.2. The van der Waals surface area contributed by atoms with Crippen molar-refractivity contribution in [1.82, 2.24) is 0 Å². The van der Waals surface area contributed by atoms with Crippen molar-refractivity contribution in [2.45, 2.75) is 46.0 Å². The molecule has 0 heterocycles. The number of fused-ring (bicyclic) bond motifs is 1. The molecular weight excluding hydrogens is 232 g/mol. The molecule has 2 aliphatic carbocycles. The zero-order valence-electron chi connectivity index (χ0n) is 12.1. The second-order valence-electron chi connectivity index (χ2n) is 6.89. The molecule has 0 amide bonds. The van der Waals surface area contributed by atoms with Crippen LogP contribution in [0.2, 0.25) is 0 Å². The lowest BCUT2D eigenvalue weighted by Gasteiger charge is -2.31. The molecule has 1 heteroatoms. The summed E-state index contributed by atoms with van der Waals surface area (Å²) in [6.45, 7) is 4.61. The van der Waals surface area contributed by atoms with E-state index in [1.807, 2.05) is 0 Å². The van der Waals surface area contributed by atoms with Crippen LogP contribution in [-0.2, 0) is 17.6 Å². The maximum atomic E-state index is 12.8. The number of rotatable bonds is 2. The Morgan fingerprint density at radius 2 is 1.42 bits per heavy atom. The highest BCUT2D eigenvalue weighted by atomic mass is 16.1. The van der Waals surface area contributed by atoms with Gasteiger partial charge < -0.3 is 0 Å². The fraction of sp³-hybridized carbons (Fsp3) is 0.611. The monoisotopic (exact) mass is 256 g/mol. The van der Waals surface area contributed by atoms with Crippen LogP contribution in [0.5, 0.6) is 0 Å². The Morgan fingerprint density at radius 3 is 1.95 bits per heavy atom. The molecule has 1 nitrogen and oxygen atoms in total. The van der Waals surface area contributed by atoms with E-state index in [0.717, 1.165) is 37.5 Å². The van der Waals surface area contributed by atoms with Crippen LogP contribution < -0.4 is 0 Å². The van der Waals surface area contributed by atoms with Crippen LogP contribution in [0.15, 0.2) is 24.3 Å². The first-order valence-electron chi connectivity index (χ1n) is 7.74. The number of hydrogen-bond acceptors (Lipinski definition) is 1. The van der Waals surface area contributed by atoms with E-state index in [0.29, 0.717) is 11.7 Å². The molecule has 0 saturated heterocycles. The van der Waals surface area contributed by atoms with Gasteiger partial charge in [0.25, 0.3) is 0 Å². The molecule has 19 heavy (non-hydrogen) atoms. The molecule has 0 bridgehead atoms. The maximum Gasteiger partial charge on any atom is 0.139 e. The van der Waals surface area contributed by atoms with Gasteiger partial charge in [0.05, 0.1) is 0 Å². The van der Waals surface area contributed by atoms with Crippen LogP contribution >= 0.6 is 0 Å². The third kappa shape index (κ3) is 2.61. The number of carbonyl (C=O) groups excluding carboxylic acids is 1. The quantitative estimate of drug-likeness (QED) is 0.780. The van der Waals surface area contributed by atoms with Crippen molar-refractivity contribution in [1.29, 1.82) is 0 Å². The van der Waals surface area contributed by atoms with Gasteiger partial charge in [0.15, 0.2) is 0 Å². The molecule has 0 aliphatic heterocycles. The first kappa shape index (κ1) is 12.9. The van der Waals surface area contributed by atoms with Gasteiger partial charge in [-0.05, 0) is 55.1 Å². The Bertz CT molecular complexity index is 441. The number of hydrogen-bond donors (Lipinski definition) is 0. The van der Waals surface area contributed by atoms with Crippen molar-refractivity contribution in [3.63, 3.8) is 0 Å². The van der Waals surface area contributed by atoms with Crippen molar-refractivity contribution in [3.8, 4) is 0 Å². The number of ketones is 1. The lowest BCUT2D eigenvalue weighted by molar-refractivity contribution is -0.128. The topological polar surface area (TPSA) is 17.1 Å². The van der Waals surface area contributed by atoms with Gasteiger partial charge in [0, 0.05) is 11.8 Å². The first-order valence-corrected chi connectivity index (χ1v) is 7.74. The number of carbonyl (C=O) groups is 1. The highest BCUT2D eigenvalue weighted by molar-refractivity contribution is 5.85. The predicted octanol–water partition coefficient (Wildman–Crippen LogP) is 4.04. The lowest BCUT2D eigenvalue weighted by atomic mass is 9.72. The van der Waals surface area contributed by atoms with Crippen molar-refractivity contribution in [2.75, 3.05) is 0 Å². The molecule has 0 radical (unpaired) electrons. The van der Waals surface area contributed by atoms with Gasteiger partial charge in [0.1, 0.15) is 5.78 Å². The molecule has 0 spiro atoms. The van der Waals surface area contributed by atoms with Crippen LogP contribution in [0.1, 0.15) is 44.2 Å². The van der Waals surface area contributed by atoms with Gasteiger partial charge in [0.2, 0.25) is 0 Å². The largest absolute Gasteiger partial charge is 0.299 e. The Kier molecular flexibility index (Phi) is 3.47. The SMILES string of the molecule is CC1CC(C)CC(C(=O)C2Cc3ccccc3C2)C1. The molecule has 1 aromatic carbocycles. The van der Waals surface area contributed by atoms with Gasteiger partial charge in [-0.2, -0.15) is 0 Å². The van der Waals surface area contributed by atoms with E-state index in [4.69, 9.17) is 0 Å². The maximum absolute atomic E-state index is 12.8. The highest BCUT2D eigenvalue weighted by Crippen LogP contribution is 2.37. The highest BCUT2D eigenvalue weighted by Gasteiger charge is 2.35. The summed E-state index contributed by atoms with van der Waals surface area (Å²) in [4.78, 5) is 12.8. The summed E-state index contributed by atoms with van der Waals surface area (Å²) in [5.74, 6) is 2.59. The number of Topliss-reactive ketones (excluding diaryl/α,β-unsaturated/α-hetero) is 1. The van der Waals surface area contributed by atoms with Crippen LogP contribution in [0.4, 0.5) is 0 Å². The molecule has 0 N–H and O–H groups in total. The van der Waals surface area contributed by atoms with Crippen molar-refractivity contribution >= 4 is 5.78 Å². The second-order valence-corrected chi connectivity index (χ2v) is 6.89. The molecule has 2 atom stereocenters. The van der Waals surface area contributed by atoms with Crippen molar-refractivity contribution in [3.05, 3.63) is 35.4 Å². The van der Waals surface area contributed by atoms with E-state index in [9.17, 15) is 4.79 Å². The Morgan fingerprint density at radius 1 is 0.895 bits per heavy atom. The lowest BCUT2D eigenvalue weighted by Crippen LogP contribution is -2.30. The van der Waals surface area contributed by atoms with Gasteiger partial charge in [-0.25, -0.2) is 0 Å². The van der Waals surface area contributed by atoms with Gasteiger partial charge in [-0.15, -0.1) is 0 Å². The molecule has 2 aliphatic rings. The smallest absolute Gasteiger partial charge is 0.139 e. The minimum atomic E-state index is 0.264. The summed E-state index contributed by atoms with van der Waals surface area (Å²) in [5.41, 5.74) is 2.80. The summed E-state index contributed by atoms with van der Waals surface area (Å²) >= 11 is 0. The van der Waals surface area contributed by atoms with Crippen LogP contribution in [0, 0.1) is 23.7 Å². The third-order valence-corrected chi connectivity index (χ3v) is 5.03. The summed E-state index contributed by atoms with van der Waals surface area (Å²) in [6, 6.07) is 8.57. The van der Waals surface area contributed by atoms with Crippen LogP contribution in [-0.4, -0.2) is 5.78 Å². The minimum Gasteiger partial charge on any atom is -0.299 e. The second kappa shape index (κ2) is 5.11. The van der Waals surface area contributed by atoms with E-state index in [2.05, 4.69) is 38.1 Å². The minimum absolute atomic E-state index is 0.264. The molecule has 3 rings (SSSR count). The van der Waals surface area contributed by atoms with E-state index >= 15 is 0 Å². The van der Waals surface area contributed by atoms with Gasteiger partial charge in [-0.1, -0.05) is 38.1 Å². The standard InChI is InChI=1S/C18H24O/c1-12-7-13(2)9-16(8-12)18(19)17-10-14-5-3-4-6-15(14)11-17/h3-6,12-13,16-17H,7-11H2,1-2H3. The fourth-order valence-corrected chi connectivity index (χ4v) is 4.27. The molecule has 1 fully saturated rings. The van der Waals surface area contributed by atoms with Crippen LogP contribution in [0.3, 0.4) is 0 Å². The Labute approximate surface area is 116 Å². The van der Waals surface area contributed by atoms with Gasteiger partial charge >= 0.3 is 0 Å². The number of benzene rings is 1. The first-order chi connectivity index (χ1) is 9.13. The van der Waals surface area contributed by atoms with E-state index in [1.54, 1.807) is 0 Å². The summed E-state index contributed by atoms with van der Waals surface area (Å²) < 4.78 is 0. The average molecular weight is 256 g/mol. The average Bonchev–Trinajstić information content (AvgIpc) is 2.80. The third-order valence-electron chi connectivity index (χ3n) is 5.03. The molecule has 1 saturated carbocycles. The zero-order valence-corrected chi connectivity index (χ0v) is 12.1. The zero-order chi connectivity index (χ0) is 13.4. The van der Waals surface area contributed by atoms with Crippen LogP contribution in [0.25, 0.3) is 0 Å². The fourth-order valence-electron chi connectivity index (χ4n) is 4.27. The van der Waals surface area contributed by atoms with E-state index in [-0.39, 0.29) is 5.92 Å². The summed E-state index contributed by atoms with van der Waals surface area (Å²) in [6.07, 6.45) is 5.50. The summed E-state index contributed by atoms with van der Waals surface area (Å²) in [5, 5.41) is 0. The van der Waals surface area contributed by atoms with Gasteiger partial charge in [-0.3, -0.25) is 4.79 Å². The Hall–Kier alpha value is -1.11. The molecule has 0 aromatic heterocycles. The van der Waals surface area contributed by atoms with Crippen molar-refractivity contribution in [2.24, 2.45) is 23.7 Å². The molecule has 1 aromatic rings. The summed E-state index contributed by atoms with van der Waals surface area (Å²) in [7, 11) is 0. The van der Waals surface area contributed by atoms with E-state index in [1.165, 1.54) is 17.5 Å². The Balaban J connectivity index is 1.69. The molecule has 102 valence electrons. The van der Waals surface area contributed by atoms with E-state index < -0.39 is 0 Å². The van der Waals surface area contributed by atoms with Crippen molar-refractivity contribution < 1.29 is 4.79 Å². The molecular formula is C18H24O.